The molecule has 1 heterocycles. The molecule has 3 aromatic rings. The molecule has 0 aliphatic heterocycles. The van der Waals surface area contributed by atoms with Crippen molar-refractivity contribution >= 4 is 9.84 Å². The average Bonchev–Trinajstić information content (AvgIpc) is 3.02. The Bertz CT molecular complexity index is 885. The zero-order valence-electron chi connectivity index (χ0n) is 12.8. The third-order valence-corrected chi connectivity index (χ3v) is 5.34. The molecule has 4 nitrogen and oxygen atoms in total. The second-order valence-corrected chi connectivity index (χ2v) is 7.14. The summed E-state index contributed by atoms with van der Waals surface area (Å²) in [5.74, 6) is 0. The number of benzene rings is 2. The number of nitrogens with one attached hydrogen (secondary N) is 1. The number of nitrogens with zero attached hydrogens (tertiary/aromatic N) is 1. The van der Waals surface area contributed by atoms with Crippen molar-refractivity contribution in [3.8, 4) is 5.69 Å². The summed E-state index contributed by atoms with van der Waals surface area (Å²) < 4.78 is 27.7. The SMILES string of the molecule is CNCc1cc(S(=O)(=O)c2ccccc2)n(-c2ccccc2)c1. The summed E-state index contributed by atoms with van der Waals surface area (Å²) in [6.07, 6.45) is 1.86. The van der Waals surface area contributed by atoms with Gasteiger partial charge in [0.05, 0.1) is 4.90 Å². The Morgan fingerprint density at radius 2 is 1.57 bits per heavy atom. The predicted molar refractivity (Wildman–Crippen MR) is 90.4 cm³/mol. The quantitative estimate of drug-likeness (QED) is 0.784. The van der Waals surface area contributed by atoms with E-state index in [1.165, 1.54) is 0 Å². The highest BCUT2D eigenvalue weighted by Gasteiger charge is 2.23. The van der Waals surface area contributed by atoms with E-state index in [-0.39, 0.29) is 5.03 Å². The van der Waals surface area contributed by atoms with Crippen LogP contribution in [0, 0.1) is 0 Å². The van der Waals surface area contributed by atoms with E-state index >= 15 is 0 Å². The van der Waals surface area contributed by atoms with Crippen LogP contribution >= 0.6 is 0 Å². The molecule has 2 aromatic carbocycles. The smallest absolute Gasteiger partial charge is 0.222 e. The monoisotopic (exact) mass is 326 g/mol. The van der Waals surface area contributed by atoms with E-state index in [0.717, 1.165) is 11.3 Å². The van der Waals surface area contributed by atoms with Gasteiger partial charge in [-0.2, -0.15) is 0 Å². The second kappa shape index (κ2) is 6.40. The lowest BCUT2D eigenvalue weighted by atomic mass is 10.3. The van der Waals surface area contributed by atoms with E-state index in [1.807, 2.05) is 49.6 Å². The first-order valence-corrected chi connectivity index (χ1v) is 8.82. The maximum atomic E-state index is 13.0. The van der Waals surface area contributed by atoms with Crippen molar-refractivity contribution in [3.05, 3.63) is 78.5 Å². The van der Waals surface area contributed by atoms with Crippen LogP contribution in [-0.4, -0.2) is 20.0 Å². The fourth-order valence-corrected chi connectivity index (χ4v) is 3.99. The number of hydrogen-bond acceptors (Lipinski definition) is 3. The molecule has 0 spiro atoms. The van der Waals surface area contributed by atoms with Crippen molar-refractivity contribution in [2.45, 2.75) is 16.5 Å². The van der Waals surface area contributed by atoms with Gasteiger partial charge in [-0.1, -0.05) is 36.4 Å². The molecule has 0 bridgehead atoms. The summed E-state index contributed by atoms with van der Waals surface area (Å²) in [6.45, 7) is 0.608. The minimum Gasteiger partial charge on any atom is -0.316 e. The molecule has 3 rings (SSSR count). The summed E-state index contributed by atoms with van der Waals surface area (Å²) in [5, 5.41) is 3.34. The molecule has 1 aromatic heterocycles. The van der Waals surface area contributed by atoms with E-state index in [1.54, 1.807) is 34.9 Å². The lowest BCUT2D eigenvalue weighted by molar-refractivity contribution is 0.589. The summed E-state index contributed by atoms with van der Waals surface area (Å²) in [7, 11) is -1.74. The maximum Gasteiger partial charge on any atom is 0.222 e. The first kappa shape index (κ1) is 15.5. The van der Waals surface area contributed by atoms with Gasteiger partial charge in [-0.25, -0.2) is 8.42 Å². The Kier molecular flexibility index (Phi) is 4.32. The fourth-order valence-electron chi connectivity index (χ4n) is 2.51. The van der Waals surface area contributed by atoms with E-state index in [0.29, 0.717) is 11.4 Å². The lowest BCUT2D eigenvalue weighted by Crippen LogP contribution is -2.08. The van der Waals surface area contributed by atoms with Crippen LogP contribution in [0.4, 0.5) is 0 Å². The molecule has 1 N–H and O–H groups in total. The minimum atomic E-state index is -3.58. The molecule has 0 aliphatic rings. The number of sulfone groups is 1. The first-order valence-electron chi connectivity index (χ1n) is 7.34. The van der Waals surface area contributed by atoms with Gasteiger partial charge in [-0.3, -0.25) is 0 Å². The molecule has 0 unspecified atom stereocenters. The third kappa shape index (κ3) is 3.06. The van der Waals surface area contributed by atoms with Crippen LogP contribution in [0.15, 0.2) is 82.8 Å². The Labute approximate surface area is 136 Å². The Morgan fingerprint density at radius 3 is 2.17 bits per heavy atom. The molecule has 5 heteroatoms. The van der Waals surface area contributed by atoms with Crippen LogP contribution in [0.1, 0.15) is 5.56 Å². The van der Waals surface area contributed by atoms with Crippen LogP contribution in [-0.2, 0) is 16.4 Å². The summed E-state index contributed by atoms with van der Waals surface area (Å²) in [5.41, 5.74) is 1.75. The zero-order chi connectivity index (χ0) is 16.3. The van der Waals surface area contributed by atoms with Gasteiger partial charge in [-0.15, -0.1) is 0 Å². The molecule has 0 saturated carbocycles. The van der Waals surface area contributed by atoms with Gasteiger partial charge >= 0.3 is 0 Å². The predicted octanol–water partition coefficient (Wildman–Crippen LogP) is 3.03. The Morgan fingerprint density at radius 1 is 0.957 bits per heavy atom. The van der Waals surface area contributed by atoms with Crippen LogP contribution in [0.5, 0.6) is 0 Å². The number of para-hydroxylation sites is 1. The van der Waals surface area contributed by atoms with Crippen molar-refractivity contribution in [2.24, 2.45) is 0 Å². The van der Waals surface area contributed by atoms with Crippen LogP contribution < -0.4 is 5.32 Å². The molecular weight excluding hydrogens is 308 g/mol. The summed E-state index contributed by atoms with van der Waals surface area (Å²) >= 11 is 0. The second-order valence-electron chi connectivity index (χ2n) is 5.24. The molecule has 0 atom stereocenters. The average molecular weight is 326 g/mol. The number of rotatable bonds is 5. The molecule has 0 radical (unpaired) electrons. The van der Waals surface area contributed by atoms with Crippen molar-refractivity contribution < 1.29 is 8.42 Å². The van der Waals surface area contributed by atoms with Crippen molar-refractivity contribution in [1.29, 1.82) is 0 Å². The standard InChI is InChI=1S/C18H18N2O2S/c1-19-13-15-12-18(20(14-15)16-8-4-2-5-9-16)23(21,22)17-10-6-3-7-11-17/h2-12,14,19H,13H2,1H3. The van der Waals surface area contributed by atoms with E-state index < -0.39 is 9.84 Å². The highest BCUT2D eigenvalue weighted by atomic mass is 32.2. The highest BCUT2D eigenvalue weighted by Crippen LogP contribution is 2.26. The molecule has 0 fully saturated rings. The van der Waals surface area contributed by atoms with Gasteiger partial charge in [0.1, 0.15) is 5.03 Å². The van der Waals surface area contributed by atoms with Crippen molar-refractivity contribution in [1.82, 2.24) is 9.88 Å². The fraction of sp³-hybridized carbons (Fsp3) is 0.111. The largest absolute Gasteiger partial charge is 0.316 e. The minimum absolute atomic E-state index is 0.278. The number of aromatic nitrogens is 1. The third-order valence-electron chi connectivity index (χ3n) is 3.59. The molecule has 0 amide bonds. The normalized spacial score (nSPS) is 11.5. The van der Waals surface area contributed by atoms with Gasteiger partial charge < -0.3 is 9.88 Å². The van der Waals surface area contributed by atoms with Crippen LogP contribution in [0.25, 0.3) is 5.69 Å². The van der Waals surface area contributed by atoms with Crippen molar-refractivity contribution in [3.63, 3.8) is 0 Å². The van der Waals surface area contributed by atoms with Gasteiger partial charge in [0, 0.05) is 18.4 Å². The molecule has 0 saturated heterocycles. The summed E-state index contributed by atoms with van der Waals surface area (Å²) in [6, 6.07) is 19.7. The summed E-state index contributed by atoms with van der Waals surface area (Å²) in [4.78, 5) is 0.297. The topological polar surface area (TPSA) is 51.1 Å². The maximum absolute atomic E-state index is 13.0. The van der Waals surface area contributed by atoms with Crippen LogP contribution in [0.3, 0.4) is 0 Å². The first-order chi connectivity index (χ1) is 11.1. The van der Waals surface area contributed by atoms with Crippen LogP contribution in [0.2, 0.25) is 0 Å². The molecule has 0 aliphatic carbocycles. The van der Waals surface area contributed by atoms with E-state index in [2.05, 4.69) is 5.32 Å². The Hall–Kier alpha value is -2.37. The van der Waals surface area contributed by atoms with E-state index in [9.17, 15) is 8.42 Å². The van der Waals surface area contributed by atoms with Gasteiger partial charge in [0.2, 0.25) is 9.84 Å². The van der Waals surface area contributed by atoms with E-state index in [4.69, 9.17) is 0 Å². The molecule has 23 heavy (non-hydrogen) atoms. The number of hydrogen-bond donors (Lipinski definition) is 1. The zero-order valence-corrected chi connectivity index (χ0v) is 13.6. The van der Waals surface area contributed by atoms with Gasteiger partial charge in [0.25, 0.3) is 0 Å². The lowest BCUT2D eigenvalue weighted by Gasteiger charge is -2.10. The molecule has 118 valence electrons. The highest BCUT2D eigenvalue weighted by molar-refractivity contribution is 7.91. The van der Waals surface area contributed by atoms with Gasteiger partial charge in [-0.05, 0) is 42.9 Å². The Balaban J connectivity index is 2.19. The van der Waals surface area contributed by atoms with Gasteiger partial charge in [0.15, 0.2) is 0 Å². The van der Waals surface area contributed by atoms with Crippen molar-refractivity contribution in [2.75, 3.05) is 7.05 Å². The molecular formula is C18H18N2O2S.